The standard InChI is InChI=1S/C24H31N3O6/c1-14-11-17(9-10-26(14)23(31)33-24(2,3)4)32-16-5-6-18-15(12-16)13-27(22(18)30)19-7-8-20(28)25-21(19)29/h5-6,12,14,17,19H,7-11,13H2,1-4H3,(H,25,28,29)/t14-,17-,19?/m1/s1. The summed E-state index contributed by atoms with van der Waals surface area (Å²) in [4.78, 5) is 52.2. The summed E-state index contributed by atoms with van der Waals surface area (Å²) in [6.07, 6.45) is 1.56. The Balaban J connectivity index is 1.38. The fourth-order valence-electron chi connectivity index (χ4n) is 4.64. The lowest BCUT2D eigenvalue weighted by Crippen LogP contribution is -2.52. The van der Waals surface area contributed by atoms with E-state index in [9.17, 15) is 19.2 Å². The van der Waals surface area contributed by atoms with Gasteiger partial charge in [0.2, 0.25) is 11.8 Å². The molecule has 33 heavy (non-hydrogen) atoms. The van der Waals surface area contributed by atoms with Gasteiger partial charge in [0.25, 0.3) is 5.91 Å². The van der Waals surface area contributed by atoms with Crippen LogP contribution >= 0.6 is 0 Å². The highest BCUT2D eigenvalue weighted by molar-refractivity contribution is 6.05. The van der Waals surface area contributed by atoms with Crippen LogP contribution in [0.5, 0.6) is 5.75 Å². The minimum atomic E-state index is -0.634. The molecule has 3 heterocycles. The van der Waals surface area contributed by atoms with Crippen molar-refractivity contribution in [3.05, 3.63) is 29.3 Å². The van der Waals surface area contributed by atoms with Crippen molar-refractivity contribution in [2.45, 2.75) is 83.7 Å². The number of carbonyl (C=O) groups is 4. The van der Waals surface area contributed by atoms with Crippen molar-refractivity contribution in [1.82, 2.24) is 15.1 Å². The van der Waals surface area contributed by atoms with Crippen LogP contribution in [0.4, 0.5) is 4.79 Å². The van der Waals surface area contributed by atoms with E-state index in [0.717, 1.165) is 5.56 Å². The molecule has 9 heteroatoms. The van der Waals surface area contributed by atoms with Crippen molar-refractivity contribution < 1.29 is 28.7 Å². The second-order valence-electron chi connectivity index (χ2n) is 10.0. The molecular weight excluding hydrogens is 426 g/mol. The Labute approximate surface area is 193 Å². The van der Waals surface area contributed by atoms with E-state index >= 15 is 0 Å². The number of carbonyl (C=O) groups excluding carboxylic acids is 4. The number of rotatable bonds is 3. The topological polar surface area (TPSA) is 105 Å². The Morgan fingerprint density at radius 3 is 2.58 bits per heavy atom. The first kappa shape index (κ1) is 23.1. The monoisotopic (exact) mass is 457 g/mol. The van der Waals surface area contributed by atoms with E-state index in [-0.39, 0.29) is 36.5 Å². The molecule has 0 spiro atoms. The van der Waals surface area contributed by atoms with Crippen molar-refractivity contribution in [1.29, 1.82) is 0 Å². The lowest BCUT2D eigenvalue weighted by Gasteiger charge is -2.38. The van der Waals surface area contributed by atoms with E-state index in [0.29, 0.717) is 43.7 Å². The van der Waals surface area contributed by atoms with Crippen molar-refractivity contribution in [3.63, 3.8) is 0 Å². The van der Waals surface area contributed by atoms with Gasteiger partial charge in [0, 0.05) is 44.0 Å². The molecule has 3 atom stereocenters. The Kier molecular flexibility index (Phi) is 6.07. The zero-order valence-electron chi connectivity index (χ0n) is 19.6. The summed E-state index contributed by atoms with van der Waals surface area (Å²) < 4.78 is 11.7. The van der Waals surface area contributed by atoms with Crippen LogP contribution in [0, 0.1) is 0 Å². The third-order valence-corrected chi connectivity index (χ3v) is 6.25. The molecule has 0 bridgehead atoms. The summed E-state index contributed by atoms with van der Waals surface area (Å²) in [5.41, 5.74) is 0.829. The van der Waals surface area contributed by atoms with Crippen LogP contribution in [-0.4, -0.2) is 63.9 Å². The first-order valence-electron chi connectivity index (χ1n) is 11.5. The Morgan fingerprint density at radius 2 is 1.91 bits per heavy atom. The maximum Gasteiger partial charge on any atom is 0.410 e. The number of nitrogens with one attached hydrogen (secondary N) is 1. The lowest BCUT2D eigenvalue weighted by atomic mass is 10.0. The molecule has 3 aliphatic heterocycles. The molecule has 4 rings (SSSR count). The Hall–Kier alpha value is -3.10. The number of piperidine rings is 2. The number of hydrogen-bond donors (Lipinski definition) is 1. The molecule has 0 aliphatic carbocycles. The maximum absolute atomic E-state index is 12.8. The summed E-state index contributed by atoms with van der Waals surface area (Å²) in [7, 11) is 0. The van der Waals surface area contributed by atoms with E-state index in [1.807, 2.05) is 33.8 Å². The van der Waals surface area contributed by atoms with E-state index in [2.05, 4.69) is 5.32 Å². The van der Waals surface area contributed by atoms with Gasteiger partial charge in [-0.1, -0.05) is 0 Å². The van der Waals surface area contributed by atoms with Crippen molar-refractivity contribution >= 4 is 23.8 Å². The summed E-state index contributed by atoms with van der Waals surface area (Å²) in [6.45, 7) is 8.40. The summed E-state index contributed by atoms with van der Waals surface area (Å²) >= 11 is 0. The summed E-state index contributed by atoms with van der Waals surface area (Å²) in [5.74, 6) is -0.266. The maximum atomic E-state index is 12.8. The van der Waals surface area contributed by atoms with Gasteiger partial charge in [-0.2, -0.15) is 0 Å². The second kappa shape index (κ2) is 8.68. The van der Waals surface area contributed by atoms with Gasteiger partial charge in [0.15, 0.2) is 0 Å². The molecule has 1 aromatic carbocycles. The van der Waals surface area contributed by atoms with Gasteiger partial charge >= 0.3 is 6.09 Å². The molecule has 0 saturated carbocycles. The highest BCUT2D eigenvalue weighted by atomic mass is 16.6. The normalized spacial score (nSPS) is 25.6. The van der Waals surface area contributed by atoms with Gasteiger partial charge < -0.3 is 19.3 Å². The number of imide groups is 1. The SMILES string of the molecule is C[C@@H]1C[C@H](Oc2ccc3c(c2)CN(C2CCC(=O)NC2=O)C3=O)CCN1C(=O)OC(C)(C)C. The lowest BCUT2D eigenvalue weighted by molar-refractivity contribution is -0.136. The molecule has 1 aromatic rings. The molecule has 0 radical (unpaired) electrons. The van der Waals surface area contributed by atoms with Crippen LogP contribution in [-0.2, 0) is 20.9 Å². The van der Waals surface area contributed by atoms with E-state index in [4.69, 9.17) is 9.47 Å². The first-order chi connectivity index (χ1) is 15.5. The zero-order valence-corrected chi connectivity index (χ0v) is 19.6. The van der Waals surface area contributed by atoms with Gasteiger partial charge in [-0.15, -0.1) is 0 Å². The number of amides is 4. The fraction of sp³-hybridized carbons (Fsp3) is 0.583. The molecule has 2 saturated heterocycles. The third kappa shape index (κ3) is 4.96. The number of benzene rings is 1. The van der Waals surface area contributed by atoms with Crippen LogP contribution < -0.4 is 10.1 Å². The molecule has 1 unspecified atom stereocenters. The largest absolute Gasteiger partial charge is 0.490 e. The third-order valence-electron chi connectivity index (χ3n) is 6.25. The first-order valence-corrected chi connectivity index (χ1v) is 11.5. The Morgan fingerprint density at radius 1 is 1.15 bits per heavy atom. The highest BCUT2D eigenvalue weighted by Crippen LogP contribution is 2.31. The predicted molar refractivity (Wildman–Crippen MR) is 119 cm³/mol. The quantitative estimate of drug-likeness (QED) is 0.700. The van der Waals surface area contributed by atoms with Crippen molar-refractivity contribution in [3.8, 4) is 5.75 Å². The molecule has 1 N–H and O–H groups in total. The number of nitrogens with zero attached hydrogens (tertiary/aromatic N) is 2. The van der Waals surface area contributed by atoms with Gasteiger partial charge in [-0.3, -0.25) is 19.7 Å². The molecule has 4 amide bonds. The smallest absolute Gasteiger partial charge is 0.410 e. The van der Waals surface area contributed by atoms with Gasteiger partial charge in [-0.25, -0.2) is 4.79 Å². The minimum absolute atomic E-state index is 0.0161. The van der Waals surface area contributed by atoms with Crippen LogP contribution in [0.2, 0.25) is 0 Å². The van der Waals surface area contributed by atoms with Crippen LogP contribution in [0.3, 0.4) is 0 Å². The van der Waals surface area contributed by atoms with E-state index in [1.165, 1.54) is 4.90 Å². The average Bonchev–Trinajstić information content (AvgIpc) is 3.02. The van der Waals surface area contributed by atoms with Crippen LogP contribution in [0.25, 0.3) is 0 Å². The molecule has 9 nitrogen and oxygen atoms in total. The highest BCUT2D eigenvalue weighted by Gasteiger charge is 2.39. The average molecular weight is 458 g/mol. The number of fused-ring (bicyclic) bond motifs is 1. The van der Waals surface area contributed by atoms with E-state index in [1.54, 1.807) is 17.0 Å². The molecule has 3 aliphatic rings. The van der Waals surface area contributed by atoms with Gasteiger partial charge in [-0.05, 0) is 57.9 Å². The number of ether oxygens (including phenoxy) is 2. The summed E-state index contributed by atoms with van der Waals surface area (Å²) in [6, 6.07) is 4.71. The number of likely N-dealkylation sites (tertiary alicyclic amines) is 1. The van der Waals surface area contributed by atoms with E-state index < -0.39 is 17.6 Å². The van der Waals surface area contributed by atoms with Gasteiger partial charge in [0.05, 0.1) is 0 Å². The van der Waals surface area contributed by atoms with Crippen LogP contribution in [0.1, 0.15) is 69.3 Å². The number of hydrogen-bond acceptors (Lipinski definition) is 6. The molecular formula is C24H31N3O6. The fourth-order valence-corrected chi connectivity index (χ4v) is 4.64. The van der Waals surface area contributed by atoms with Gasteiger partial charge in [0.1, 0.15) is 23.5 Å². The second-order valence-corrected chi connectivity index (χ2v) is 10.0. The molecule has 0 aromatic heterocycles. The summed E-state index contributed by atoms with van der Waals surface area (Å²) in [5, 5.41) is 2.31. The molecule has 2 fully saturated rings. The molecule has 178 valence electrons. The minimum Gasteiger partial charge on any atom is -0.490 e. The Bertz CT molecular complexity index is 985. The predicted octanol–water partition coefficient (Wildman–Crippen LogP) is 2.61. The van der Waals surface area contributed by atoms with Crippen LogP contribution in [0.15, 0.2) is 18.2 Å². The van der Waals surface area contributed by atoms with Crippen molar-refractivity contribution in [2.24, 2.45) is 0 Å². The zero-order chi connectivity index (χ0) is 23.9. The van der Waals surface area contributed by atoms with Crippen molar-refractivity contribution in [2.75, 3.05) is 6.54 Å².